The molecule has 0 aliphatic rings. The monoisotopic (exact) mass is 245 g/mol. The summed E-state index contributed by atoms with van der Waals surface area (Å²) in [7, 11) is 0. The van der Waals surface area contributed by atoms with Gasteiger partial charge in [0.1, 0.15) is 11.6 Å². The van der Waals surface area contributed by atoms with E-state index in [-0.39, 0.29) is 5.82 Å². The van der Waals surface area contributed by atoms with E-state index in [1.807, 2.05) is 13.0 Å². The zero-order chi connectivity index (χ0) is 13.0. The number of nitrogens with one attached hydrogen (secondary N) is 1. The molecule has 1 N–H and O–H groups in total. The topological polar surface area (TPSA) is 37.8 Å². The van der Waals surface area contributed by atoms with Crippen LogP contribution in [0.1, 0.15) is 18.9 Å². The maximum absolute atomic E-state index is 13.4. The zero-order valence-corrected chi connectivity index (χ0v) is 10.6. The van der Waals surface area contributed by atoms with Crippen molar-refractivity contribution in [2.75, 3.05) is 11.9 Å². The number of nitrogens with zero attached hydrogens (tertiary/aromatic N) is 2. The van der Waals surface area contributed by atoms with Crippen molar-refractivity contribution in [2.45, 2.75) is 20.3 Å². The van der Waals surface area contributed by atoms with Gasteiger partial charge in [-0.25, -0.2) is 9.37 Å². The van der Waals surface area contributed by atoms with Gasteiger partial charge >= 0.3 is 0 Å². The van der Waals surface area contributed by atoms with E-state index in [1.165, 1.54) is 12.1 Å². The van der Waals surface area contributed by atoms with Crippen LogP contribution in [0.5, 0.6) is 0 Å². The van der Waals surface area contributed by atoms with E-state index in [4.69, 9.17) is 0 Å². The number of benzene rings is 1. The lowest BCUT2D eigenvalue weighted by Gasteiger charge is -2.06. The van der Waals surface area contributed by atoms with E-state index in [0.717, 1.165) is 29.9 Å². The number of aromatic nitrogens is 2. The van der Waals surface area contributed by atoms with Gasteiger partial charge in [0.25, 0.3) is 0 Å². The fourth-order valence-electron chi connectivity index (χ4n) is 1.73. The molecule has 0 atom stereocenters. The molecule has 0 fully saturated rings. The van der Waals surface area contributed by atoms with Crippen LogP contribution < -0.4 is 5.32 Å². The molecule has 0 unspecified atom stereocenters. The lowest BCUT2D eigenvalue weighted by Crippen LogP contribution is -2.03. The molecule has 1 heterocycles. The number of halogens is 1. The predicted octanol–water partition coefficient (Wildman–Crippen LogP) is 3.41. The van der Waals surface area contributed by atoms with Crippen LogP contribution in [0, 0.1) is 12.7 Å². The van der Waals surface area contributed by atoms with E-state index >= 15 is 0 Å². The lowest BCUT2D eigenvalue weighted by atomic mass is 10.1. The smallest absolute Gasteiger partial charge is 0.145 e. The van der Waals surface area contributed by atoms with Gasteiger partial charge in [0.05, 0.1) is 18.1 Å². The lowest BCUT2D eigenvalue weighted by molar-refractivity contribution is 0.627. The highest BCUT2D eigenvalue weighted by molar-refractivity contribution is 5.60. The first-order valence-electron chi connectivity index (χ1n) is 6.02. The van der Waals surface area contributed by atoms with Crippen LogP contribution in [0.2, 0.25) is 0 Å². The largest absolute Gasteiger partial charge is 0.369 e. The van der Waals surface area contributed by atoms with Gasteiger partial charge in [0.15, 0.2) is 0 Å². The Kier molecular flexibility index (Phi) is 3.87. The zero-order valence-electron chi connectivity index (χ0n) is 10.6. The normalized spacial score (nSPS) is 10.4. The van der Waals surface area contributed by atoms with E-state index < -0.39 is 0 Å². The van der Waals surface area contributed by atoms with Gasteiger partial charge in [-0.2, -0.15) is 0 Å². The van der Waals surface area contributed by atoms with E-state index in [2.05, 4.69) is 22.2 Å². The first-order valence-corrected chi connectivity index (χ1v) is 6.02. The first-order chi connectivity index (χ1) is 8.69. The molecule has 0 spiro atoms. The third-order valence-corrected chi connectivity index (χ3v) is 2.53. The number of anilines is 1. The van der Waals surface area contributed by atoms with Gasteiger partial charge in [-0.3, -0.25) is 4.98 Å². The molecule has 0 amide bonds. The summed E-state index contributed by atoms with van der Waals surface area (Å²) in [5.74, 6) is 0.468. The molecule has 0 saturated carbocycles. The van der Waals surface area contributed by atoms with Gasteiger partial charge < -0.3 is 5.32 Å². The summed E-state index contributed by atoms with van der Waals surface area (Å²) >= 11 is 0. The summed E-state index contributed by atoms with van der Waals surface area (Å²) in [5, 5.41) is 3.17. The van der Waals surface area contributed by atoms with Crippen molar-refractivity contribution >= 4 is 5.82 Å². The number of rotatable bonds is 4. The minimum atomic E-state index is -0.251. The SMILES string of the molecule is CCCNc1cncc(-c2cc(C)cc(F)c2)n1. The first kappa shape index (κ1) is 12.5. The Balaban J connectivity index is 2.32. The number of hydrogen-bond acceptors (Lipinski definition) is 3. The van der Waals surface area contributed by atoms with Crippen LogP contribution in [-0.4, -0.2) is 16.5 Å². The molecule has 0 radical (unpaired) electrons. The fraction of sp³-hybridized carbons (Fsp3) is 0.286. The Hall–Kier alpha value is -1.97. The van der Waals surface area contributed by atoms with Crippen molar-refractivity contribution < 1.29 is 4.39 Å². The Labute approximate surface area is 106 Å². The molecule has 1 aromatic heterocycles. The minimum Gasteiger partial charge on any atom is -0.369 e. The molecular formula is C14H16FN3. The second-order valence-electron chi connectivity index (χ2n) is 4.23. The maximum Gasteiger partial charge on any atom is 0.145 e. The van der Waals surface area contributed by atoms with Crippen LogP contribution >= 0.6 is 0 Å². The predicted molar refractivity (Wildman–Crippen MR) is 70.9 cm³/mol. The summed E-state index contributed by atoms with van der Waals surface area (Å²) < 4.78 is 13.4. The summed E-state index contributed by atoms with van der Waals surface area (Å²) in [6.07, 6.45) is 4.33. The Morgan fingerprint density at radius 2 is 2.06 bits per heavy atom. The average Bonchev–Trinajstić information content (AvgIpc) is 2.35. The molecule has 3 nitrogen and oxygen atoms in total. The van der Waals surface area contributed by atoms with Crippen molar-refractivity contribution in [3.63, 3.8) is 0 Å². The van der Waals surface area contributed by atoms with Crippen molar-refractivity contribution in [3.8, 4) is 11.3 Å². The van der Waals surface area contributed by atoms with Gasteiger partial charge in [-0.1, -0.05) is 6.92 Å². The maximum atomic E-state index is 13.4. The van der Waals surface area contributed by atoms with E-state index in [0.29, 0.717) is 5.69 Å². The molecule has 94 valence electrons. The van der Waals surface area contributed by atoms with Gasteiger partial charge in [-0.05, 0) is 37.1 Å². The molecule has 0 aliphatic carbocycles. The van der Waals surface area contributed by atoms with Crippen LogP contribution in [0.25, 0.3) is 11.3 Å². The molecule has 18 heavy (non-hydrogen) atoms. The second kappa shape index (κ2) is 5.58. The minimum absolute atomic E-state index is 0.251. The van der Waals surface area contributed by atoms with E-state index in [1.54, 1.807) is 12.4 Å². The van der Waals surface area contributed by atoms with Crippen molar-refractivity contribution in [1.82, 2.24) is 9.97 Å². The fourth-order valence-corrected chi connectivity index (χ4v) is 1.73. The van der Waals surface area contributed by atoms with Crippen LogP contribution in [0.3, 0.4) is 0 Å². The van der Waals surface area contributed by atoms with Crippen molar-refractivity contribution in [3.05, 3.63) is 42.0 Å². The highest BCUT2D eigenvalue weighted by Crippen LogP contribution is 2.20. The van der Waals surface area contributed by atoms with Crippen molar-refractivity contribution in [1.29, 1.82) is 0 Å². The standard InChI is InChI=1S/C14H16FN3/c1-3-4-17-14-9-16-8-13(18-14)11-5-10(2)6-12(15)7-11/h5-9H,3-4H2,1-2H3,(H,17,18). The highest BCUT2D eigenvalue weighted by Gasteiger charge is 2.04. The quantitative estimate of drug-likeness (QED) is 0.897. The molecule has 2 aromatic rings. The summed E-state index contributed by atoms with van der Waals surface area (Å²) in [6.45, 7) is 4.79. The molecule has 4 heteroatoms. The molecule has 0 bridgehead atoms. The third-order valence-electron chi connectivity index (χ3n) is 2.53. The molecule has 0 saturated heterocycles. The summed E-state index contributed by atoms with van der Waals surface area (Å²) in [4.78, 5) is 8.55. The Morgan fingerprint density at radius 3 is 2.78 bits per heavy atom. The average molecular weight is 245 g/mol. The van der Waals surface area contributed by atoms with Crippen LogP contribution in [-0.2, 0) is 0 Å². The van der Waals surface area contributed by atoms with Gasteiger partial charge in [0.2, 0.25) is 0 Å². The summed E-state index contributed by atoms with van der Waals surface area (Å²) in [5.41, 5.74) is 2.30. The molecule has 1 aromatic carbocycles. The summed E-state index contributed by atoms with van der Waals surface area (Å²) in [6, 6.07) is 4.87. The molecule has 2 rings (SSSR count). The van der Waals surface area contributed by atoms with Crippen LogP contribution in [0.15, 0.2) is 30.6 Å². The number of hydrogen-bond donors (Lipinski definition) is 1. The Morgan fingerprint density at radius 1 is 1.22 bits per heavy atom. The van der Waals surface area contributed by atoms with Crippen molar-refractivity contribution in [2.24, 2.45) is 0 Å². The third kappa shape index (κ3) is 3.03. The van der Waals surface area contributed by atoms with Gasteiger partial charge in [-0.15, -0.1) is 0 Å². The highest BCUT2D eigenvalue weighted by atomic mass is 19.1. The Bertz CT molecular complexity index is 520. The number of aryl methyl sites for hydroxylation is 1. The molecule has 0 aliphatic heterocycles. The van der Waals surface area contributed by atoms with Gasteiger partial charge in [0, 0.05) is 12.1 Å². The molecular weight excluding hydrogens is 229 g/mol. The second-order valence-corrected chi connectivity index (χ2v) is 4.23. The van der Waals surface area contributed by atoms with Crippen LogP contribution in [0.4, 0.5) is 10.2 Å². The van der Waals surface area contributed by atoms with E-state index in [9.17, 15) is 4.39 Å².